The molecule has 0 saturated heterocycles. The van der Waals surface area contributed by atoms with Crippen LogP contribution in [0.5, 0.6) is 0 Å². The Hall–Kier alpha value is -2.86. The van der Waals surface area contributed by atoms with Crippen LogP contribution in [0.15, 0.2) is 53.5 Å². The normalized spacial score (nSPS) is 19.9. The van der Waals surface area contributed by atoms with E-state index < -0.39 is 7.12 Å². The number of fused-ring (bicyclic) bond motifs is 1. The van der Waals surface area contributed by atoms with Gasteiger partial charge in [0.05, 0.1) is 5.54 Å². The van der Waals surface area contributed by atoms with Gasteiger partial charge in [-0.05, 0) is 74.8 Å². The highest BCUT2D eigenvalue weighted by Crippen LogP contribution is 2.41. The summed E-state index contributed by atoms with van der Waals surface area (Å²) in [5.41, 5.74) is 4.23. The van der Waals surface area contributed by atoms with Gasteiger partial charge in [-0.1, -0.05) is 48.5 Å². The van der Waals surface area contributed by atoms with Crippen LogP contribution in [0.25, 0.3) is 0 Å². The third-order valence-electron chi connectivity index (χ3n) is 6.97. The highest BCUT2D eigenvalue weighted by Gasteiger charge is 2.51. The topological polar surface area (TPSA) is 104 Å². The molecule has 2 aliphatic rings. The molecule has 0 heterocycles. The summed E-state index contributed by atoms with van der Waals surface area (Å²) in [6.07, 6.45) is 7.74. The van der Waals surface area contributed by atoms with Gasteiger partial charge in [-0.25, -0.2) is 0 Å². The van der Waals surface area contributed by atoms with Crippen molar-refractivity contribution in [1.82, 2.24) is 15.5 Å². The predicted octanol–water partition coefficient (Wildman–Crippen LogP) is 0.945. The number of rotatable bonds is 7. The van der Waals surface area contributed by atoms with Crippen molar-refractivity contribution in [2.24, 2.45) is 4.99 Å². The minimum absolute atomic E-state index is 0.159. The standard InChI is InChI=1S/C25H32BN5O2/c1-31(2)23(15-18-7-10-21(11-8-18)26(32)33)25(13-14-25)30-24(28-17-27)29-22-12-9-19-5-3-4-6-20(19)16-22/h3-8,10-11,22-23,32-33H,9,12-16H2,1-2H3,(H2,28,29,30)/t22-,23?/m0/s1. The number of likely N-dealkylation sites (N-methyl/N-ethyl adjacent to an activating group) is 1. The van der Waals surface area contributed by atoms with E-state index in [1.165, 1.54) is 11.1 Å². The van der Waals surface area contributed by atoms with Crippen molar-refractivity contribution in [2.75, 3.05) is 14.1 Å². The number of guanidine groups is 1. The minimum atomic E-state index is -1.46. The van der Waals surface area contributed by atoms with E-state index in [0.717, 1.165) is 44.1 Å². The van der Waals surface area contributed by atoms with Crippen LogP contribution in [0.4, 0.5) is 0 Å². The Kier molecular flexibility index (Phi) is 7.03. The Bertz CT molecular complexity index is 1030. The van der Waals surface area contributed by atoms with E-state index in [1.807, 2.05) is 18.3 Å². The predicted molar refractivity (Wildman–Crippen MR) is 131 cm³/mol. The zero-order valence-electron chi connectivity index (χ0n) is 19.3. The molecule has 2 atom stereocenters. The summed E-state index contributed by atoms with van der Waals surface area (Å²) in [6.45, 7) is 0. The fraction of sp³-hybridized carbons (Fsp3) is 0.440. The number of aryl methyl sites for hydroxylation is 1. The molecule has 1 unspecified atom stereocenters. The molecule has 0 bridgehead atoms. The van der Waals surface area contributed by atoms with Gasteiger partial charge < -0.3 is 25.6 Å². The molecule has 0 aromatic heterocycles. The highest BCUT2D eigenvalue weighted by atomic mass is 16.4. The first-order valence-corrected chi connectivity index (χ1v) is 11.6. The molecule has 8 heteroatoms. The maximum Gasteiger partial charge on any atom is 0.488 e. The lowest BCUT2D eigenvalue weighted by Gasteiger charge is -2.35. The first-order valence-electron chi connectivity index (χ1n) is 11.6. The quantitative estimate of drug-likeness (QED) is 0.219. The van der Waals surface area contributed by atoms with Crippen molar-refractivity contribution >= 4 is 18.5 Å². The second-order valence-corrected chi connectivity index (χ2v) is 9.49. The fourth-order valence-electron chi connectivity index (χ4n) is 4.99. The summed E-state index contributed by atoms with van der Waals surface area (Å²) in [6, 6.07) is 16.4. The van der Waals surface area contributed by atoms with Gasteiger partial charge in [-0.2, -0.15) is 5.26 Å². The third kappa shape index (κ3) is 5.56. The van der Waals surface area contributed by atoms with Crippen LogP contribution in [0.1, 0.15) is 36.0 Å². The average Bonchev–Trinajstić information content (AvgIpc) is 3.57. The number of benzene rings is 2. The molecule has 0 spiro atoms. The molecule has 172 valence electrons. The van der Waals surface area contributed by atoms with Crippen molar-refractivity contribution < 1.29 is 10.0 Å². The van der Waals surface area contributed by atoms with Crippen LogP contribution < -0.4 is 16.1 Å². The molecule has 7 nitrogen and oxygen atoms in total. The Morgan fingerprint density at radius 3 is 2.48 bits per heavy atom. The monoisotopic (exact) mass is 445 g/mol. The maximum atomic E-state index is 9.35. The van der Waals surface area contributed by atoms with Gasteiger partial charge in [0, 0.05) is 12.1 Å². The van der Waals surface area contributed by atoms with E-state index in [4.69, 9.17) is 0 Å². The molecule has 2 aromatic rings. The van der Waals surface area contributed by atoms with E-state index >= 15 is 0 Å². The number of hydrogen-bond donors (Lipinski definition) is 4. The molecule has 0 amide bonds. The lowest BCUT2D eigenvalue weighted by atomic mass is 9.79. The van der Waals surface area contributed by atoms with Crippen LogP contribution in [0, 0.1) is 11.5 Å². The van der Waals surface area contributed by atoms with Crippen molar-refractivity contribution in [3.8, 4) is 6.19 Å². The first-order chi connectivity index (χ1) is 15.9. The molecular weight excluding hydrogens is 413 g/mol. The van der Waals surface area contributed by atoms with Crippen LogP contribution in [-0.4, -0.2) is 59.7 Å². The van der Waals surface area contributed by atoms with E-state index in [0.29, 0.717) is 11.4 Å². The lowest BCUT2D eigenvalue weighted by Crippen LogP contribution is -2.57. The van der Waals surface area contributed by atoms with Crippen LogP contribution in [-0.2, 0) is 19.3 Å². The number of nitrogens with zero attached hydrogens (tertiary/aromatic N) is 3. The van der Waals surface area contributed by atoms with Gasteiger partial charge in [0.1, 0.15) is 0 Å². The van der Waals surface area contributed by atoms with Gasteiger partial charge in [0.25, 0.3) is 0 Å². The van der Waals surface area contributed by atoms with E-state index in [1.54, 1.807) is 12.1 Å². The molecule has 0 radical (unpaired) electrons. The van der Waals surface area contributed by atoms with Crippen molar-refractivity contribution in [1.29, 1.82) is 5.26 Å². The SMILES string of the molecule is CN(C)C(Cc1ccc(B(O)O)cc1)C1(NC(=NC#N)N[C@H]2CCc3ccccc3C2)CC1. The smallest absolute Gasteiger partial charge is 0.423 e. The molecule has 0 aliphatic heterocycles. The average molecular weight is 445 g/mol. The Labute approximate surface area is 196 Å². The molecule has 2 aromatic carbocycles. The summed E-state index contributed by atoms with van der Waals surface area (Å²) < 4.78 is 0. The number of nitrogens with one attached hydrogen (secondary N) is 2. The van der Waals surface area contributed by atoms with Crippen molar-refractivity contribution in [3.05, 3.63) is 65.2 Å². The summed E-state index contributed by atoms with van der Waals surface area (Å²) in [7, 11) is 2.69. The van der Waals surface area contributed by atoms with E-state index in [2.05, 4.69) is 58.9 Å². The van der Waals surface area contributed by atoms with Crippen LogP contribution in [0.2, 0.25) is 0 Å². The summed E-state index contributed by atoms with van der Waals surface area (Å²) >= 11 is 0. The fourth-order valence-corrected chi connectivity index (χ4v) is 4.99. The van der Waals surface area contributed by atoms with Crippen LogP contribution >= 0.6 is 0 Å². The molecule has 1 fully saturated rings. The summed E-state index contributed by atoms with van der Waals surface area (Å²) in [4.78, 5) is 6.32. The number of nitriles is 1. The van der Waals surface area contributed by atoms with Gasteiger partial charge in [0.2, 0.25) is 12.2 Å². The Balaban J connectivity index is 1.45. The largest absolute Gasteiger partial charge is 0.488 e. The van der Waals surface area contributed by atoms with Crippen molar-refractivity contribution in [3.63, 3.8) is 0 Å². The van der Waals surface area contributed by atoms with Crippen molar-refractivity contribution in [2.45, 2.75) is 56.1 Å². The lowest BCUT2D eigenvalue weighted by molar-refractivity contribution is 0.226. The van der Waals surface area contributed by atoms with Gasteiger partial charge in [0.15, 0.2) is 0 Å². The summed E-state index contributed by atoms with van der Waals surface area (Å²) in [5, 5.41) is 35.1. The third-order valence-corrected chi connectivity index (χ3v) is 6.97. The van der Waals surface area contributed by atoms with Crippen LogP contribution in [0.3, 0.4) is 0 Å². The molecule has 1 saturated carbocycles. The maximum absolute atomic E-state index is 9.35. The number of hydrogen-bond acceptors (Lipinski definition) is 5. The zero-order chi connectivity index (χ0) is 23.4. The van der Waals surface area contributed by atoms with E-state index in [-0.39, 0.29) is 17.6 Å². The Morgan fingerprint density at radius 1 is 1.18 bits per heavy atom. The minimum Gasteiger partial charge on any atom is -0.423 e. The van der Waals surface area contributed by atoms with Gasteiger partial charge in [-0.15, -0.1) is 4.99 Å². The Morgan fingerprint density at radius 2 is 1.88 bits per heavy atom. The first kappa shape index (κ1) is 23.3. The highest BCUT2D eigenvalue weighted by molar-refractivity contribution is 6.58. The summed E-state index contributed by atoms with van der Waals surface area (Å²) in [5.74, 6) is 0.560. The molecular formula is C25H32BN5O2. The second-order valence-electron chi connectivity index (χ2n) is 9.49. The second kappa shape index (κ2) is 9.96. The number of aliphatic imine (C=N–C) groups is 1. The van der Waals surface area contributed by atoms with Gasteiger partial charge >= 0.3 is 7.12 Å². The zero-order valence-corrected chi connectivity index (χ0v) is 19.3. The molecule has 33 heavy (non-hydrogen) atoms. The van der Waals surface area contributed by atoms with Gasteiger partial charge in [-0.3, -0.25) is 0 Å². The molecule has 4 N–H and O–H groups in total. The van der Waals surface area contributed by atoms with E-state index in [9.17, 15) is 15.3 Å². The molecule has 4 rings (SSSR count). The molecule has 2 aliphatic carbocycles.